The molecule has 2 N–H and O–H groups in total. The van der Waals surface area contributed by atoms with E-state index in [-0.39, 0.29) is 11.9 Å². The van der Waals surface area contributed by atoms with E-state index in [4.69, 9.17) is 14.7 Å². The van der Waals surface area contributed by atoms with Crippen LogP contribution >= 0.6 is 0 Å². The Morgan fingerprint density at radius 2 is 2.00 bits per heavy atom. The van der Waals surface area contributed by atoms with Gasteiger partial charge >= 0.3 is 0 Å². The number of nitrogens with one attached hydrogen (secondary N) is 2. The summed E-state index contributed by atoms with van der Waals surface area (Å²) in [5.74, 6) is 1.26. The first-order chi connectivity index (χ1) is 13.0. The summed E-state index contributed by atoms with van der Waals surface area (Å²) in [4.78, 5) is 13.6. The van der Waals surface area contributed by atoms with Gasteiger partial charge in [-0.25, -0.2) is 0 Å². The minimum atomic E-state index is -0.297. The van der Waals surface area contributed by atoms with Crippen LogP contribution < -0.4 is 19.7 Å². The van der Waals surface area contributed by atoms with Crippen LogP contribution in [0.5, 0.6) is 11.5 Å². The molecule has 2 rings (SSSR count). The highest BCUT2D eigenvalue weighted by molar-refractivity contribution is 5.94. The van der Waals surface area contributed by atoms with E-state index in [1.165, 1.54) is 0 Å². The fourth-order valence-corrected chi connectivity index (χ4v) is 2.73. The highest BCUT2D eigenvalue weighted by Crippen LogP contribution is 2.27. The lowest BCUT2D eigenvalue weighted by molar-refractivity contribution is -0.907. The molecule has 0 aliphatic heterocycles. The molecule has 2 aromatic rings. The minimum Gasteiger partial charge on any atom is -0.493 e. The van der Waals surface area contributed by atoms with Crippen molar-refractivity contribution in [1.82, 2.24) is 0 Å². The lowest BCUT2D eigenvalue weighted by Gasteiger charge is -2.22. The van der Waals surface area contributed by atoms with Crippen molar-refractivity contribution in [1.29, 1.82) is 5.26 Å². The predicted molar refractivity (Wildman–Crippen MR) is 104 cm³/mol. The van der Waals surface area contributed by atoms with Gasteiger partial charge in [0.25, 0.3) is 5.91 Å². The van der Waals surface area contributed by atoms with Gasteiger partial charge in [-0.05, 0) is 44.2 Å². The first-order valence-corrected chi connectivity index (χ1v) is 8.92. The Labute approximate surface area is 160 Å². The number of rotatable bonds is 8. The summed E-state index contributed by atoms with van der Waals surface area (Å²) < 4.78 is 10.9. The monoisotopic (exact) mass is 368 g/mol. The molecule has 1 amide bonds. The molecule has 0 heterocycles. The van der Waals surface area contributed by atoms with Crippen molar-refractivity contribution in [3.05, 3.63) is 53.6 Å². The zero-order valence-electron chi connectivity index (χ0n) is 16.2. The first-order valence-electron chi connectivity index (χ1n) is 8.92. The topological polar surface area (TPSA) is 75.8 Å². The van der Waals surface area contributed by atoms with Crippen LogP contribution in [0.25, 0.3) is 0 Å². The van der Waals surface area contributed by atoms with Crippen LogP contribution in [0.15, 0.2) is 42.5 Å². The summed E-state index contributed by atoms with van der Waals surface area (Å²) in [6.07, 6.45) is 0. The number of carbonyl (C=O) groups excluding carboxylic acids is 1. The second kappa shape index (κ2) is 9.60. The molecule has 0 radical (unpaired) electrons. The Balaban J connectivity index is 2.05. The molecule has 27 heavy (non-hydrogen) atoms. The number of ether oxygens (including phenoxy) is 2. The van der Waals surface area contributed by atoms with Gasteiger partial charge < -0.3 is 19.7 Å². The van der Waals surface area contributed by atoms with Crippen LogP contribution in [0.4, 0.5) is 5.69 Å². The predicted octanol–water partition coefficient (Wildman–Crippen LogP) is 2.01. The molecule has 2 atom stereocenters. The Bertz CT molecular complexity index is 830. The van der Waals surface area contributed by atoms with Crippen LogP contribution in [0.1, 0.15) is 25.0 Å². The maximum absolute atomic E-state index is 12.6. The van der Waals surface area contributed by atoms with Crippen molar-refractivity contribution in [3.8, 4) is 17.6 Å². The number of anilines is 1. The summed E-state index contributed by atoms with van der Waals surface area (Å²) in [6, 6.07) is 14.6. The molecule has 2 aromatic carbocycles. The molecule has 0 bridgehead atoms. The summed E-state index contributed by atoms with van der Waals surface area (Å²) >= 11 is 0. The van der Waals surface area contributed by atoms with Gasteiger partial charge in [0.2, 0.25) is 0 Å². The molecule has 0 saturated carbocycles. The van der Waals surface area contributed by atoms with Crippen molar-refractivity contribution in [3.63, 3.8) is 0 Å². The Hall–Kier alpha value is -3.04. The number of amides is 1. The smallest absolute Gasteiger partial charge is 0.282 e. The highest BCUT2D eigenvalue weighted by Gasteiger charge is 2.23. The van der Waals surface area contributed by atoms with E-state index in [2.05, 4.69) is 11.4 Å². The average molecular weight is 368 g/mol. The zero-order valence-corrected chi connectivity index (χ0v) is 16.2. The number of hydrogen-bond donors (Lipinski definition) is 2. The van der Waals surface area contributed by atoms with Crippen LogP contribution in [0, 0.1) is 11.3 Å². The number of methoxy groups -OCH3 is 1. The maximum atomic E-state index is 12.6. The van der Waals surface area contributed by atoms with E-state index >= 15 is 0 Å². The van der Waals surface area contributed by atoms with Gasteiger partial charge in [0.15, 0.2) is 17.5 Å². The minimum absolute atomic E-state index is 0.131. The molecule has 6 nitrogen and oxygen atoms in total. The van der Waals surface area contributed by atoms with Crippen LogP contribution in [-0.4, -0.2) is 32.7 Å². The molecule has 0 spiro atoms. The number of hydrogen-bond acceptors (Lipinski definition) is 4. The molecule has 142 valence electrons. The number of nitriles is 1. The van der Waals surface area contributed by atoms with Crippen LogP contribution in [-0.2, 0) is 11.3 Å². The Morgan fingerprint density at radius 1 is 1.26 bits per heavy atom. The van der Waals surface area contributed by atoms with E-state index in [0.717, 1.165) is 10.5 Å². The summed E-state index contributed by atoms with van der Waals surface area (Å²) in [6.45, 7) is 5.01. The number of benzene rings is 2. The van der Waals surface area contributed by atoms with Crippen molar-refractivity contribution in [2.45, 2.75) is 26.4 Å². The summed E-state index contributed by atoms with van der Waals surface area (Å²) in [5.41, 5.74) is 2.03. The SMILES string of the molecule is CCOc1ccc(C[NH+](C)[C@H](C)C(=O)Nc2ccccc2C#N)cc1OC. The van der Waals surface area contributed by atoms with E-state index in [1.54, 1.807) is 31.4 Å². The molecule has 6 heteroatoms. The van der Waals surface area contributed by atoms with E-state index in [1.807, 2.05) is 39.1 Å². The molecule has 0 aliphatic carbocycles. The van der Waals surface area contributed by atoms with E-state index in [0.29, 0.717) is 35.9 Å². The maximum Gasteiger partial charge on any atom is 0.282 e. The lowest BCUT2D eigenvalue weighted by atomic mass is 10.1. The normalized spacial score (nSPS) is 12.6. The number of nitrogens with zero attached hydrogens (tertiary/aromatic N) is 1. The van der Waals surface area contributed by atoms with Crippen LogP contribution in [0.3, 0.4) is 0 Å². The third-order valence-corrected chi connectivity index (χ3v) is 4.45. The fraction of sp³-hybridized carbons (Fsp3) is 0.333. The van der Waals surface area contributed by atoms with E-state index < -0.39 is 0 Å². The van der Waals surface area contributed by atoms with Crippen LogP contribution in [0.2, 0.25) is 0 Å². The molecular formula is C21H26N3O3+. The summed E-state index contributed by atoms with van der Waals surface area (Å²) in [5, 5.41) is 12.0. The lowest BCUT2D eigenvalue weighted by Crippen LogP contribution is -3.12. The Kier molecular flexibility index (Phi) is 7.21. The first kappa shape index (κ1) is 20.3. The molecule has 0 fully saturated rings. The second-order valence-electron chi connectivity index (χ2n) is 6.31. The van der Waals surface area contributed by atoms with Gasteiger partial charge in [-0.2, -0.15) is 5.26 Å². The van der Waals surface area contributed by atoms with Gasteiger partial charge in [-0.15, -0.1) is 0 Å². The van der Waals surface area contributed by atoms with Crippen molar-refractivity contribution < 1.29 is 19.2 Å². The van der Waals surface area contributed by atoms with Gasteiger partial charge in [0, 0.05) is 5.56 Å². The molecule has 0 aromatic heterocycles. The standard InChI is InChI=1S/C21H25N3O3/c1-5-27-19-11-10-16(12-20(19)26-4)14-24(3)15(2)21(25)23-18-9-7-6-8-17(18)13-22/h6-12,15H,5,14H2,1-4H3,(H,23,25)/p+1/t15-/m1/s1. The highest BCUT2D eigenvalue weighted by atomic mass is 16.5. The number of likely N-dealkylation sites (N-methyl/N-ethyl adjacent to an activating group) is 1. The zero-order chi connectivity index (χ0) is 19.8. The quantitative estimate of drug-likeness (QED) is 0.747. The molecule has 0 aliphatic rings. The van der Waals surface area contributed by atoms with Gasteiger partial charge in [-0.3, -0.25) is 4.79 Å². The fourth-order valence-electron chi connectivity index (χ4n) is 2.73. The van der Waals surface area contributed by atoms with Crippen molar-refractivity contribution >= 4 is 11.6 Å². The number of carbonyl (C=O) groups is 1. The number of quaternary nitrogens is 1. The molecular weight excluding hydrogens is 342 g/mol. The molecule has 0 saturated heterocycles. The average Bonchev–Trinajstić information content (AvgIpc) is 2.68. The number of para-hydroxylation sites is 1. The largest absolute Gasteiger partial charge is 0.493 e. The third kappa shape index (κ3) is 5.22. The van der Waals surface area contributed by atoms with Gasteiger partial charge in [0.05, 0.1) is 32.0 Å². The second-order valence-corrected chi connectivity index (χ2v) is 6.31. The van der Waals surface area contributed by atoms with Crippen molar-refractivity contribution in [2.24, 2.45) is 0 Å². The van der Waals surface area contributed by atoms with Gasteiger partial charge in [-0.1, -0.05) is 12.1 Å². The third-order valence-electron chi connectivity index (χ3n) is 4.45. The van der Waals surface area contributed by atoms with E-state index in [9.17, 15) is 4.79 Å². The Morgan fingerprint density at radius 3 is 2.67 bits per heavy atom. The molecule has 1 unspecified atom stereocenters. The van der Waals surface area contributed by atoms with Crippen molar-refractivity contribution in [2.75, 3.05) is 26.1 Å². The summed E-state index contributed by atoms with van der Waals surface area (Å²) in [7, 11) is 3.57. The van der Waals surface area contributed by atoms with Gasteiger partial charge in [0.1, 0.15) is 12.6 Å².